The number of carbonyl (C=O) groups excluding carboxylic acids is 3. The highest BCUT2D eigenvalue weighted by atomic mass is 32.2. The van der Waals surface area contributed by atoms with Crippen LogP contribution in [-0.2, 0) is 23.9 Å². The summed E-state index contributed by atoms with van der Waals surface area (Å²) in [5.41, 5.74) is 1.41. The molecule has 0 saturated heterocycles. The third kappa shape index (κ3) is 7.21. The van der Waals surface area contributed by atoms with Crippen molar-refractivity contribution < 1.29 is 28.4 Å². The Hall–Kier alpha value is -1.80. The van der Waals surface area contributed by atoms with Gasteiger partial charge in [0.2, 0.25) is 5.78 Å². The third-order valence-electron chi connectivity index (χ3n) is 3.15. The molecule has 0 aliphatic rings. The molecule has 0 N–H and O–H groups in total. The maximum Gasteiger partial charge on any atom is 0.316 e. The first-order chi connectivity index (χ1) is 12.4. The molecule has 0 aliphatic heterocycles. The van der Waals surface area contributed by atoms with E-state index in [-0.39, 0.29) is 30.5 Å². The van der Waals surface area contributed by atoms with E-state index >= 15 is 0 Å². The Morgan fingerprint density at radius 2 is 1.73 bits per heavy atom. The number of pyridine rings is 1. The second-order valence-corrected chi connectivity index (χ2v) is 7.64. The van der Waals surface area contributed by atoms with E-state index in [0.717, 1.165) is 5.56 Å². The van der Waals surface area contributed by atoms with E-state index in [9.17, 15) is 14.4 Å². The smallest absolute Gasteiger partial charge is 0.316 e. The molecule has 26 heavy (non-hydrogen) atoms. The summed E-state index contributed by atoms with van der Waals surface area (Å²) in [6.45, 7) is 5.81. The van der Waals surface area contributed by atoms with Gasteiger partial charge in [0, 0.05) is 12.1 Å². The molecule has 0 amide bonds. The second kappa shape index (κ2) is 11.7. The lowest BCUT2D eigenvalue weighted by Crippen LogP contribution is -2.37. The fourth-order valence-electron chi connectivity index (χ4n) is 1.93. The molecule has 142 valence electrons. The molecule has 1 rings (SSSR count). The molecular formula is C18H24NO5S2+. The lowest BCUT2D eigenvalue weighted by Gasteiger charge is -2.09. The number of thioether (sulfide) groups is 2. The number of allylic oxidation sites excluding steroid dienone is 1. The molecule has 0 saturated carbocycles. The van der Waals surface area contributed by atoms with Crippen molar-refractivity contribution in [3.05, 3.63) is 34.3 Å². The molecule has 0 atom stereocenters. The lowest BCUT2D eigenvalue weighted by molar-refractivity contribution is -0.577. The fraction of sp³-hybridized carbons (Fsp3) is 0.444. The number of hydrogen-bond acceptors (Lipinski definition) is 7. The minimum Gasteiger partial charge on any atom is -0.468 e. The quantitative estimate of drug-likeness (QED) is 0.260. The van der Waals surface area contributed by atoms with E-state index in [1.807, 2.05) is 26.0 Å². The average Bonchev–Trinajstić information content (AvgIpc) is 2.61. The molecule has 0 spiro atoms. The molecule has 0 unspecified atom stereocenters. The van der Waals surface area contributed by atoms with Gasteiger partial charge in [-0.05, 0) is 25.2 Å². The summed E-state index contributed by atoms with van der Waals surface area (Å²) in [6.07, 6.45) is 3.18. The van der Waals surface area contributed by atoms with Gasteiger partial charge in [-0.1, -0.05) is 6.92 Å². The SMILES string of the molecule is CCOC(=O)CC(=O)/C(=C(\SCC)SCC(=O)OC)[n+]1ccc(C)cc1. The summed E-state index contributed by atoms with van der Waals surface area (Å²) < 4.78 is 11.9. The number of Topliss-reactive ketones (excluding diaryl/α,β-unsaturated/α-hetero) is 1. The van der Waals surface area contributed by atoms with Crippen molar-refractivity contribution >= 4 is 46.9 Å². The first kappa shape index (κ1) is 22.2. The van der Waals surface area contributed by atoms with Crippen molar-refractivity contribution in [1.82, 2.24) is 0 Å². The van der Waals surface area contributed by atoms with Crippen LogP contribution in [0.15, 0.2) is 28.8 Å². The van der Waals surface area contributed by atoms with E-state index in [4.69, 9.17) is 4.74 Å². The zero-order valence-corrected chi connectivity index (χ0v) is 17.1. The number of aromatic nitrogens is 1. The summed E-state index contributed by atoms with van der Waals surface area (Å²) in [4.78, 5) is 36.1. The van der Waals surface area contributed by atoms with Crippen molar-refractivity contribution in [1.29, 1.82) is 0 Å². The van der Waals surface area contributed by atoms with Gasteiger partial charge >= 0.3 is 11.9 Å². The highest BCUT2D eigenvalue weighted by molar-refractivity contribution is 8.22. The minimum absolute atomic E-state index is 0.0848. The largest absolute Gasteiger partial charge is 0.468 e. The average molecular weight is 399 g/mol. The topological polar surface area (TPSA) is 73.5 Å². The van der Waals surface area contributed by atoms with Crippen LogP contribution in [0.2, 0.25) is 0 Å². The number of carbonyl (C=O) groups is 3. The minimum atomic E-state index is -0.568. The number of aryl methyl sites for hydroxylation is 1. The Labute approximate surface area is 162 Å². The van der Waals surface area contributed by atoms with Crippen LogP contribution in [0.1, 0.15) is 25.8 Å². The predicted molar refractivity (Wildman–Crippen MR) is 103 cm³/mol. The Morgan fingerprint density at radius 1 is 1.08 bits per heavy atom. The summed E-state index contributed by atoms with van der Waals surface area (Å²) in [5.74, 6) is -0.504. The lowest BCUT2D eigenvalue weighted by atomic mass is 10.2. The number of methoxy groups -OCH3 is 1. The van der Waals surface area contributed by atoms with Crippen LogP contribution in [0.25, 0.3) is 5.70 Å². The van der Waals surface area contributed by atoms with Gasteiger partial charge in [0.1, 0.15) is 10.7 Å². The van der Waals surface area contributed by atoms with Crippen LogP contribution in [0.5, 0.6) is 0 Å². The van der Waals surface area contributed by atoms with Crippen LogP contribution >= 0.6 is 23.5 Å². The Balaban J connectivity index is 3.28. The number of nitrogens with zero attached hydrogens (tertiary/aromatic N) is 1. The van der Waals surface area contributed by atoms with Gasteiger partial charge in [0.15, 0.2) is 12.4 Å². The maximum absolute atomic E-state index is 12.8. The molecule has 1 aromatic heterocycles. The van der Waals surface area contributed by atoms with Crippen LogP contribution in [0.3, 0.4) is 0 Å². The zero-order chi connectivity index (χ0) is 19.5. The van der Waals surface area contributed by atoms with E-state index < -0.39 is 5.97 Å². The van der Waals surface area contributed by atoms with Gasteiger partial charge in [-0.2, -0.15) is 4.57 Å². The Morgan fingerprint density at radius 3 is 2.27 bits per heavy atom. The standard InChI is InChI=1S/C18H24NO5S2/c1-5-24-15(21)11-14(20)17(19-9-7-13(3)8-10-19)18(25-6-2)26-12-16(22)23-4/h7-10H,5-6,11-12H2,1-4H3/q+1/b18-17-. The van der Waals surface area contributed by atoms with Gasteiger partial charge in [0.05, 0.1) is 19.5 Å². The third-order valence-corrected chi connectivity index (χ3v) is 5.43. The first-order valence-corrected chi connectivity index (χ1v) is 10.1. The van der Waals surface area contributed by atoms with Gasteiger partial charge in [0.25, 0.3) is 5.70 Å². The highest BCUT2D eigenvalue weighted by Crippen LogP contribution is 2.32. The molecule has 6 nitrogen and oxygen atoms in total. The van der Waals surface area contributed by atoms with Gasteiger partial charge in [-0.3, -0.25) is 14.4 Å². The Kier molecular flexibility index (Phi) is 10.0. The molecule has 1 aromatic rings. The van der Waals surface area contributed by atoms with Crippen LogP contribution in [0.4, 0.5) is 0 Å². The monoisotopic (exact) mass is 398 g/mol. The Bertz CT molecular complexity index is 671. The van der Waals surface area contributed by atoms with Gasteiger partial charge in [-0.25, -0.2) is 0 Å². The van der Waals surface area contributed by atoms with Crippen molar-refractivity contribution in [2.75, 3.05) is 25.2 Å². The number of hydrogen-bond donors (Lipinski definition) is 0. The summed E-state index contributed by atoms with van der Waals surface area (Å²) >= 11 is 2.67. The molecule has 0 aliphatic carbocycles. The van der Waals surface area contributed by atoms with E-state index in [2.05, 4.69) is 4.74 Å². The number of ether oxygens (including phenoxy) is 2. The summed E-state index contributed by atoms with van der Waals surface area (Å²) in [5, 5.41) is 0. The molecule has 0 fully saturated rings. The maximum atomic E-state index is 12.8. The second-order valence-electron chi connectivity index (χ2n) is 5.12. The first-order valence-electron chi connectivity index (χ1n) is 8.16. The number of esters is 2. The molecule has 0 radical (unpaired) electrons. The van der Waals surface area contributed by atoms with Gasteiger partial charge < -0.3 is 9.47 Å². The summed E-state index contributed by atoms with van der Waals surface area (Å²) in [6, 6.07) is 3.74. The fourth-order valence-corrected chi connectivity index (χ4v) is 4.14. The van der Waals surface area contributed by atoms with Crippen LogP contribution < -0.4 is 4.57 Å². The van der Waals surface area contributed by atoms with Crippen LogP contribution in [0, 0.1) is 6.92 Å². The van der Waals surface area contributed by atoms with Gasteiger partial charge in [-0.15, -0.1) is 23.5 Å². The van der Waals surface area contributed by atoms with Crippen LogP contribution in [-0.4, -0.2) is 42.9 Å². The van der Waals surface area contributed by atoms with Crippen molar-refractivity contribution in [3.8, 4) is 0 Å². The van der Waals surface area contributed by atoms with E-state index in [1.54, 1.807) is 23.9 Å². The van der Waals surface area contributed by atoms with Crippen molar-refractivity contribution in [2.24, 2.45) is 0 Å². The van der Waals surface area contributed by atoms with E-state index in [0.29, 0.717) is 15.7 Å². The number of ketones is 1. The summed E-state index contributed by atoms with van der Waals surface area (Å²) in [7, 11) is 1.32. The van der Waals surface area contributed by atoms with E-state index in [1.165, 1.54) is 30.6 Å². The van der Waals surface area contributed by atoms with Crippen molar-refractivity contribution in [2.45, 2.75) is 27.2 Å². The number of rotatable bonds is 10. The molecule has 0 aromatic carbocycles. The molecule has 1 heterocycles. The molecular weight excluding hydrogens is 374 g/mol. The van der Waals surface area contributed by atoms with Crippen molar-refractivity contribution in [3.63, 3.8) is 0 Å². The molecule has 8 heteroatoms. The molecule has 0 bridgehead atoms. The zero-order valence-electron chi connectivity index (χ0n) is 15.4. The normalized spacial score (nSPS) is 11.5. The highest BCUT2D eigenvalue weighted by Gasteiger charge is 2.29. The predicted octanol–water partition coefficient (Wildman–Crippen LogP) is 2.59.